The van der Waals surface area contributed by atoms with Crippen LogP contribution in [0.15, 0.2) is 77.5 Å². The second kappa shape index (κ2) is 11.2. The highest BCUT2D eigenvalue weighted by Crippen LogP contribution is 2.41. The van der Waals surface area contributed by atoms with Gasteiger partial charge in [0.05, 0.1) is 22.6 Å². The summed E-state index contributed by atoms with van der Waals surface area (Å²) in [6, 6.07) is 16.6. The highest BCUT2D eigenvalue weighted by Gasteiger charge is 2.31. The van der Waals surface area contributed by atoms with E-state index in [0.717, 1.165) is 11.9 Å². The van der Waals surface area contributed by atoms with Crippen LogP contribution in [0.2, 0.25) is 0 Å². The van der Waals surface area contributed by atoms with Gasteiger partial charge in [-0.05, 0) is 73.9 Å². The molecule has 11 heteroatoms. The van der Waals surface area contributed by atoms with Crippen molar-refractivity contribution in [3.63, 3.8) is 0 Å². The molecule has 3 aromatic heterocycles. The topological polar surface area (TPSA) is 113 Å². The summed E-state index contributed by atoms with van der Waals surface area (Å²) in [4.78, 5) is 28.5. The van der Waals surface area contributed by atoms with E-state index in [9.17, 15) is 22.4 Å². The fraction of sp³-hybridized carbons (Fsp3) is 0.250. The average molecular weight is 603 g/mol. The Bertz CT molecular complexity index is 1930. The van der Waals surface area contributed by atoms with Gasteiger partial charge in [-0.3, -0.25) is 14.3 Å². The third-order valence-electron chi connectivity index (χ3n) is 7.97. The smallest absolute Gasteiger partial charge is 0.255 e. The van der Waals surface area contributed by atoms with Gasteiger partial charge in [0.25, 0.3) is 11.8 Å². The van der Waals surface area contributed by atoms with Crippen molar-refractivity contribution in [1.29, 1.82) is 0 Å². The van der Waals surface area contributed by atoms with Gasteiger partial charge < -0.3 is 19.0 Å². The van der Waals surface area contributed by atoms with Crippen molar-refractivity contribution in [2.75, 3.05) is 30.6 Å². The first-order chi connectivity index (χ1) is 20.7. The molecule has 5 aromatic rings. The maximum Gasteiger partial charge on any atom is 0.255 e. The summed E-state index contributed by atoms with van der Waals surface area (Å²) in [5, 5.41) is 3.15. The number of furan rings is 1. The number of rotatable bonds is 7. The normalized spacial score (nSPS) is 15.6. The van der Waals surface area contributed by atoms with Gasteiger partial charge in [0.2, 0.25) is 10.0 Å². The number of nitrogens with zero attached hydrogens (tertiary/aromatic N) is 2. The predicted molar refractivity (Wildman–Crippen MR) is 163 cm³/mol. The molecule has 0 saturated carbocycles. The monoisotopic (exact) mass is 602 g/mol. The number of piperidine rings is 1. The Kier molecular flexibility index (Phi) is 7.43. The lowest BCUT2D eigenvalue weighted by Gasteiger charge is -2.34. The second-order valence-corrected chi connectivity index (χ2v) is 12.7. The first-order valence-electron chi connectivity index (χ1n) is 14.1. The number of pyridine rings is 1. The summed E-state index contributed by atoms with van der Waals surface area (Å²) in [7, 11) is -2.16. The van der Waals surface area contributed by atoms with Gasteiger partial charge in [0.15, 0.2) is 0 Å². The average Bonchev–Trinajstić information content (AvgIpc) is 3.62. The first kappa shape index (κ1) is 28.5. The first-order valence-corrected chi connectivity index (χ1v) is 15.8. The van der Waals surface area contributed by atoms with Gasteiger partial charge in [-0.2, -0.15) is 0 Å². The second-order valence-electron chi connectivity index (χ2n) is 10.7. The summed E-state index contributed by atoms with van der Waals surface area (Å²) in [6.07, 6.45) is 5.13. The number of sulfonamides is 1. The van der Waals surface area contributed by atoms with E-state index in [0.29, 0.717) is 52.9 Å². The molecule has 2 aromatic carbocycles. The lowest BCUT2D eigenvalue weighted by atomic mass is 9.88. The molecular weight excluding hydrogens is 571 g/mol. The molecule has 222 valence electrons. The number of carbonyl (C=O) groups is 2. The van der Waals surface area contributed by atoms with Gasteiger partial charge >= 0.3 is 0 Å². The van der Waals surface area contributed by atoms with Gasteiger partial charge in [0.1, 0.15) is 17.2 Å². The number of aromatic nitrogens is 1. The van der Waals surface area contributed by atoms with E-state index in [1.54, 1.807) is 24.0 Å². The van der Waals surface area contributed by atoms with Crippen LogP contribution >= 0.6 is 0 Å². The number of amides is 2. The summed E-state index contributed by atoms with van der Waals surface area (Å²) in [6.45, 7) is 2.49. The van der Waals surface area contributed by atoms with E-state index in [1.807, 2.05) is 41.1 Å². The molecule has 0 bridgehead atoms. The summed E-state index contributed by atoms with van der Waals surface area (Å²) >= 11 is 0. The number of likely N-dealkylation sites (tertiary alicyclic amines) is 1. The van der Waals surface area contributed by atoms with Crippen molar-refractivity contribution < 1.29 is 26.8 Å². The number of benzene rings is 2. The van der Waals surface area contributed by atoms with Gasteiger partial charge in [0, 0.05) is 61.0 Å². The minimum absolute atomic E-state index is 0.0990. The molecule has 0 unspecified atom stereocenters. The molecule has 1 atom stereocenters. The molecule has 4 heterocycles. The Labute approximate surface area is 248 Å². The highest BCUT2D eigenvalue weighted by atomic mass is 32.2. The van der Waals surface area contributed by atoms with Crippen LogP contribution in [0.5, 0.6) is 0 Å². The predicted octanol–water partition coefficient (Wildman–Crippen LogP) is 5.63. The molecule has 0 spiro atoms. The SMILES string of the molecule is CCS(=O)(=O)Nc1cc2oc(-c3ccc(F)cc3)c(C(=O)NC)c2cc1[C@H]1CCCN(C(=O)c2cc3ccccn3c2)C1. The van der Waals surface area contributed by atoms with Gasteiger partial charge in [-0.1, -0.05) is 6.07 Å². The lowest BCUT2D eigenvalue weighted by molar-refractivity contribution is 0.0707. The van der Waals surface area contributed by atoms with E-state index < -0.39 is 21.7 Å². The fourth-order valence-corrected chi connectivity index (χ4v) is 6.41. The molecule has 2 amide bonds. The fourth-order valence-electron chi connectivity index (χ4n) is 5.75. The van der Waals surface area contributed by atoms with E-state index in [-0.39, 0.29) is 28.9 Å². The van der Waals surface area contributed by atoms with Gasteiger partial charge in [-0.25, -0.2) is 12.8 Å². The Morgan fingerprint density at radius 2 is 1.88 bits per heavy atom. The number of hydrogen-bond donors (Lipinski definition) is 2. The largest absolute Gasteiger partial charge is 0.455 e. The van der Waals surface area contributed by atoms with Crippen molar-refractivity contribution in [3.05, 3.63) is 95.6 Å². The van der Waals surface area contributed by atoms with Gasteiger partial charge in [-0.15, -0.1) is 0 Å². The van der Waals surface area contributed by atoms with Crippen LogP contribution in [0, 0.1) is 5.82 Å². The molecule has 9 nitrogen and oxygen atoms in total. The third kappa shape index (κ3) is 5.48. The molecule has 6 rings (SSSR count). The van der Waals surface area contributed by atoms with Crippen molar-refractivity contribution >= 4 is 44.0 Å². The molecular formula is C32H31FN4O5S. The maximum absolute atomic E-state index is 13.7. The number of anilines is 1. The number of fused-ring (bicyclic) bond motifs is 2. The van der Waals surface area contributed by atoms with Crippen LogP contribution in [-0.4, -0.2) is 55.4 Å². The van der Waals surface area contributed by atoms with Crippen LogP contribution in [0.3, 0.4) is 0 Å². The highest BCUT2D eigenvalue weighted by molar-refractivity contribution is 7.92. The van der Waals surface area contributed by atoms with Crippen molar-refractivity contribution in [1.82, 2.24) is 14.6 Å². The summed E-state index contributed by atoms with van der Waals surface area (Å²) < 4.78 is 49.9. The van der Waals surface area contributed by atoms with E-state index >= 15 is 0 Å². The molecule has 0 aliphatic carbocycles. The van der Waals surface area contributed by atoms with E-state index in [2.05, 4.69) is 10.0 Å². The van der Waals surface area contributed by atoms with Crippen LogP contribution in [0.1, 0.15) is 52.0 Å². The van der Waals surface area contributed by atoms with Crippen LogP contribution < -0.4 is 10.0 Å². The molecule has 43 heavy (non-hydrogen) atoms. The minimum Gasteiger partial charge on any atom is -0.455 e. The van der Waals surface area contributed by atoms with Crippen LogP contribution in [0.25, 0.3) is 27.8 Å². The zero-order chi connectivity index (χ0) is 30.3. The Morgan fingerprint density at radius 1 is 1.09 bits per heavy atom. The van der Waals surface area contributed by atoms with E-state index in [1.165, 1.54) is 31.3 Å². The van der Waals surface area contributed by atoms with E-state index in [4.69, 9.17) is 4.42 Å². The lowest BCUT2D eigenvalue weighted by Crippen LogP contribution is -2.39. The van der Waals surface area contributed by atoms with Crippen molar-refractivity contribution in [3.8, 4) is 11.3 Å². The third-order valence-corrected chi connectivity index (χ3v) is 9.26. The molecule has 1 aliphatic rings. The molecule has 1 saturated heterocycles. The quantitative estimate of drug-likeness (QED) is 0.251. The zero-order valence-corrected chi connectivity index (χ0v) is 24.6. The standard InChI is InChI=1S/C32H31FN4O5S/c1-3-43(40,41)35-27-17-28-26(29(31(38)34-2)30(42-28)20-9-11-23(33)12-10-20)16-25(27)21-7-6-14-37(18-21)32(39)22-15-24-8-4-5-13-36(24)19-22/h4-5,8-13,15-17,19,21,35H,3,6-7,14,18H2,1-2H3,(H,34,38)/t21-/m0/s1. The number of nitrogens with one attached hydrogen (secondary N) is 2. The molecule has 1 aliphatic heterocycles. The molecule has 0 radical (unpaired) electrons. The molecule has 2 N–H and O–H groups in total. The number of hydrogen-bond acceptors (Lipinski definition) is 5. The number of carbonyl (C=O) groups excluding carboxylic acids is 2. The maximum atomic E-state index is 13.7. The van der Waals surface area contributed by atoms with Crippen molar-refractivity contribution in [2.45, 2.75) is 25.7 Å². The Morgan fingerprint density at radius 3 is 2.60 bits per heavy atom. The summed E-state index contributed by atoms with van der Waals surface area (Å²) in [5.41, 5.74) is 3.57. The number of halogens is 1. The van der Waals surface area contributed by atoms with Crippen molar-refractivity contribution in [2.24, 2.45) is 0 Å². The minimum atomic E-state index is -3.67. The molecule has 1 fully saturated rings. The van der Waals surface area contributed by atoms with Crippen LogP contribution in [-0.2, 0) is 10.0 Å². The van der Waals surface area contributed by atoms with Crippen LogP contribution in [0.4, 0.5) is 10.1 Å². The Balaban J connectivity index is 1.44. The Hall–Kier alpha value is -4.64. The summed E-state index contributed by atoms with van der Waals surface area (Å²) in [5.74, 6) is -1.02. The zero-order valence-electron chi connectivity index (χ0n) is 23.8.